The molecule has 0 spiro atoms. The summed E-state index contributed by atoms with van der Waals surface area (Å²) in [5.74, 6) is 1.09. The van der Waals surface area contributed by atoms with E-state index in [2.05, 4.69) is 59.2 Å². The Labute approximate surface area is 167 Å². The molecule has 2 aliphatic heterocycles. The van der Waals surface area contributed by atoms with Crippen molar-refractivity contribution in [2.24, 2.45) is 4.99 Å². The van der Waals surface area contributed by atoms with Crippen molar-refractivity contribution in [1.82, 2.24) is 9.80 Å². The third-order valence-electron chi connectivity index (χ3n) is 4.82. The standard InChI is InChI=1S/C22H29N3OS/c1-4-6-10-19-20(5-2)27-21-11-8-7-9-18(21)22(23-19)25-14-12-24(13-15-25)16-17-26-3/h4-11H,12-17H2,1-3H3/b6-4-,19-10+,20-5+. The maximum atomic E-state index is 5.22. The van der Waals surface area contributed by atoms with Crippen LogP contribution in [0.2, 0.25) is 0 Å². The number of aliphatic imine (C=N–C) groups is 1. The number of hydrogen-bond acceptors (Lipinski definition) is 5. The second-order valence-electron chi connectivity index (χ2n) is 6.59. The van der Waals surface area contributed by atoms with E-state index in [1.807, 2.05) is 13.0 Å². The van der Waals surface area contributed by atoms with Crippen LogP contribution in [0.15, 0.2) is 69.1 Å². The Morgan fingerprint density at radius 3 is 2.63 bits per heavy atom. The zero-order valence-corrected chi connectivity index (χ0v) is 17.3. The molecule has 0 saturated carbocycles. The number of ether oxygens (including phenoxy) is 1. The average molecular weight is 384 g/mol. The number of thioether (sulfide) groups is 1. The van der Waals surface area contributed by atoms with Crippen LogP contribution in [0.4, 0.5) is 0 Å². The molecule has 0 bridgehead atoms. The van der Waals surface area contributed by atoms with E-state index in [9.17, 15) is 0 Å². The Morgan fingerprint density at radius 2 is 1.93 bits per heavy atom. The Bertz CT molecular complexity index is 759. The number of benzene rings is 1. The van der Waals surface area contributed by atoms with Crippen molar-refractivity contribution in [3.63, 3.8) is 0 Å². The van der Waals surface area contributed by atoms with Crippen molar-refractivity contribution in [2.75, 3.05) is 46.4 Å². The number of hydrogen-bond donors (Lipinski definition) is 0. The molecule has 1 fully saturated rings. The first-order chi connectivity index (χ1) is 13.3. The molecule has 0 amide bonds. The molecular formula is C22H29N3OS. The number of nitrogens with zero attached hydrogens (tertiary/aromatic N) is 3. The average Bonchev–Trinajstić information content (AvgIpc) is 2.87. The minimum absolute atomic E-state index is 0.793. The van der Waals surface area contributed by atoms with E-state index in [-0.39, 0.29) is 0 Å². The van der Waals surface area contributed by atoms with E-state index in [1.54, 1.807) is 18.9 Å². The van der Waals surface area contributed by atoms with Gasteiger partial charge in [-0.25, -0.2) is 4.99 Å². The van der Waals surface area contributed by atoms with Crippen LogP contribution in [0.3, 0.4) is 0 Å². The Balaban J connectivity index is 1.92. The van der Waals surface area contributed by atoms with Crippen molar-refractivity contribution in [1.29, 1.82) is 0 Å². The van der Waals surface area contributed by atoms with Crippen molar-refractivity contribution in [2.45, 2.75) is 18.7 Å². The largest absolute Gasteiger partial charge is 0.383 e. The molecule has 1 saturated heterocycles. The fourth-order valence-electron chi connectivity index (χ4n) is 3.30. The highest BCUT2D eigenvalue weighted by atomic mass is 32.2. The second kappa shape index (κ2) is 9.93. The third kappa shape index (κ3) is 4.92. The van der Waals surface area contributed by atoms with Gasteiger partial charge in [0.15, 0.2) is 0 Å². The molecule has 3 rings (SSSR count). The van der Waals surface area contributed by atoms with E-state index < -0.39 is 0 Å². The summed E-state index contributed by atoms with van der Waals surface area (Å²) < 4.78 is 5.22. The van der Waals surface area contributed by atoms with Crippen LogP contribution in [0.5, 0.6) is 0 Å². The zero-order chi connectivity index (χ0) is 19.1. The van der Waals surface area contributed by atoms with Gasteiger partial charge < -0.3 is 9.64 Å². The highest BCUT2D eigenvalue weighted by Crippen LogP contribution is 2.38. The molecule has 1 aromatic rings. The number of rotatable bonds is 4. The Kier molecular flexibility index (Phi) is 7.33. The van der Waals surface area contributed by atoms with Gasteiger partial charge in [-0.2, -0.15) is 0 Å². The van der Waals surface area contributed by atoms with Gasteiger partial charge in [0, 0.05) is 55.2 Å². The molecule has 0 radical (unpaired) electrons. The van der Waals surface area contributed by atoms with Crippen LogP contribution in [0.1, 0.15) is 19.4 Å². The summed E-state index contributed by atoms with van der Waals surface area (Å²) in [5, 5.41) is 0. The molecule has 5 heteroatoms. The van der Waals surface area contributed by atoms with Gasteiger partial charge in [0.05, 0.1) is 12.3 Å². The lowest BCUT2D eigenvalue weighted by Gasteiger charge is -2.36. The summed E-state index contributed by atoms with van der Waals surface area (Å²) in [6.07, 6.45) is 8.39. The van der Waals surface area contributed by atoms with Crippen LogP contribution < -0.4 is 0 Å². The lowest BCUT2D eigenvalue weighted by atomic mass is 10.1. The molecule has 27 heavy (non-hydrogen) atoms. The van der Waals surface area contributed by atoms with E-state index in [4.69, 9.17) is 9.73 Å². The van der Waals surface area contributed by atoms with Crippen molar-refractivity contribution in [3.8, 4) is 0 Å². The molecule has 0 atom stereocenters. The molecule has 0 aliphatic carbocycles. The predicted octanol–water partition coefficient (Wildman–Crippen LogP) is 4.17. The van der Waals surface area contributed by atoms with Crippen molar-refractivity contribution in [3.05, 3.63) is 64.7 Å². The van der Waals surface area contributed by atoms with Crippen molar-refractivity contribution < 1.29 is 4.74 Å². The first-order valence-electron chi connectivity index (χ1n) is 9.58. The predicted molar refractivity (Wildman–Crippen MR) is 115 cm³/mol. The second-order valence-corrected chi connectivity index (χ2v) is 7.67. The molecule has 144 valence electrons. The van der Waals surface area contributed by atoms with Crippen LogP contribution in [0, 0.1) is 0 Å². The lowest BCUT2D eigenvalue weighted by Crippen LogP contribution is -2.49. The maximum Gasteiger partial charge on any atom is 0.137 e. The summed E-state index contributed by atoms with van der Waals surface area (Å²) >= 11 is 1.81. The quantitative estimate of drug-likeness (QED) is 0.780. The van der Waals surface area contributed by atoms with Crippen LogP contribution in [0.25, 0.3) is 0 Å². The molecular weight excluding hydrogens is 354 g/mol. The number of methoxy groups -OCH3 is 1. The summed E-state index contributed by atoms with van der Waals surface area (Å²) in [6.45, 7) is 9.98. The summed E-state index contributed by atoms with van der Waals surface area (Å²) in [7, 11) is 1.77. The van der Waals surface area contributed by atoms with Crippen LogP contribution >= 0.6 is 11.8 Å². The molecule has 4 nitrogen and oxygen atoms in total. The first kappa shape index (κ1) is 19.9. The topological polar surface area (TPSA) is 28.1 Å². The number of allylic oxidation sites excluding steroid dienone is 4. The molecule has 2 aliphatic rings. The smallest absolute Gasteiger partial charge is 0.137 e. The monoisotopic (exact) mass is 383 g/mol. The fraction of sp³-hybridized carbons (Fsp3) is 0.409. The highest BCUT2D eigenvalue weighted by Gasteiger charge is 2.25. The minimum atomic E-state index is 0.793. The SMILES string of the molecule is C\C=C/C=C1/N=C(N2CCN(CCOC)CC2)c2ccccc2S/C1=C/C. The molecule has 1 aromatic carbocycles. The number of fused-ring (bicyclic) bond motifs is 1. The molecule has 0 N–H and O–H groups in total. The van der Waals surface area contributed by atoms with Gasteiger partial charge in [-0.05, 0) is 26.0 Å². The van der Waals surface area contributed by atoms with Crippen LogP contribution in [-0.4, -0.2) is 62.1 Å². The van der Waals surface area contributed by atoms with Gasteiger partial charge in [0.1, 0.15) is 5.84 Å². The van der Waals surface area contributed by atoms with E-state index in [0.29, 0.717) is 0 Å². The lowest BCUT2D eigenvalue weighted by molar-refractivity contribution is 0.120. The number of piperazine rings is 1. The zero-order valence-electron chi connectivity index (χ0n) is 16.5. The summed E-state index contributed by atoms with van der Waals surface area (Å²) in [5.41, 5.74) is 2.27. The first-order valence-corrected chi connectivity index (χ1v) is 10.4. The van der Waals surface area contributed by atoms with Gasteiger partial charge in [-0.1, -0.05) is 48.2 Å². The normalized spacial score (nSPS) is 21.6. The van der Waals surface area contributed by atoms with Gasteiger partial charge in [-0.3, -0.25) is 4.90 Å². The van der Waals surface area contributed by atoms with Gasteiger partial charge in [0.2, 0.25) is 0 Å². The summed E-state index contributed by atoms with van der Waals surface area (Å²) in [4.78, 5) is 12.5. The minimum Gasteiger partial charge on any atom is -0.383 e. The highest BCUT2D eigenvalue weighted by molar-refractivity contribution is 8.03. The van der Waals surface area contributed by atoms with Crippen molar-refractivity contribution >= 4 is 17.6 Å². The van der Waals surface area contributed by atoms with Crippen LogP contribution in [-0.2, 0) is 4.74 Å². The number of amidine groups is 1. The van der Waals surface area contributed by atoms with Gasteiger partial charge in [0.25, 0.3) is 0 Å². The summed E-state index contributed by atoms with van der Waals surface area (Å²) in [6, 6.07) is 8.62. The van der Waals surface area contributed by atoms with Gasteiger partial charge >= 0.3 is 0 Å². The maximum absolute atomic E-state index is 5.22. The van der Waals surface area contributed by atoms with E-state index in [0.717, 1.165) is 50.9 Å². The third-order valence-corrected chi connectivity index (χ3v) is 6.06. The Morgan fingerprint density at radius 1 is 1.15 bits per heavy atom. The Hall–Kier alpha value is -1.82. The van der Waals surface area contributed by atoms with E-state index in [1.165, 1.54) is 15.4 Å². The van der Waals surface area contributed by atoms with E-state index >= 15 is 0 Å². The molecule has 0 unspecified atom stereocenters. The van der Waals surface area contributed by atoms with Gasteiger partial charge in [-0.15, -0.1) is 0 Å². The fourth-order valence-corrected chi connectivity index (χ4v) is 4.29. The molecule has 2 heterocycles. The molecule has 0 aromatic heterocycles.